The Balaban J connectivity index is 1.46. The highest BCUT2D eigenvalue weighted by molar-refractivity contribution is 5.96. The van der Waals surface area contributed by atoms with Crippen LogP contribution in [-0.2, 0) is 11.3 Å². The number of carbonyl (C=O) groups is 2. The zero-order chi connectivity index (χ0) is 21.3. The molecule has 2 aromatic rings. The van der Waals surface area contributed by atoms with Crippen molar-refractivity contribution in [3.8, 4) is 0 Å². The average molecular weight is 415 g/mol. The monoisotopic (exact) mass is 415 g/mol. The Morgan fingerprint density at radius 1 is 1.20 bits per heavy atom. The molecule has 2 N–H and O–H groups in total. The Bertz CT molecular complexity index is 1010. The van der Waals surface area contributed by atoms with E-state index in [0.29, 0.717) is 36.9 Å². The molecule has 1 fully saturated rings. The molecule has 0 bridgehead atoms. The summed E-state index contributed by atoms with van der Waals surface area (Å²) in [5.74, 6) is -2.47. The molecular formula is C20H19F2N5O3. The van der Waals surface area contributed by atoms with Crippen LogP contribution in [0.25, 0.3) is 0 Å². The van der Waals surface area contributed by atoms with Crippen LogP contribution in [0.4, 0.5) is 8.78 Å². The van der Waals surface area contributed by atoms with Gasteiger partial charge >= 0.3 is 5.97 Å². The second-order valence-corrected chi connectivity index (χ2v) is 7.35. The highest BCUT2D eigenvalue weighted by Crippen LogP contribution is 2.31. The van der Waals surface area contributed by atoms with Gasteiger partial charge < -0.3 is 15.5 Å². The summed E-state index contributed by atoms with van der Waals surface area (Å²) in [6, 6.07) is 3.59. The van der Waals surface area contributed by atoms with Crippen molar-refractivity contribution in [3.63, 3.8) is 0 Å². The summed E-state index contributed by atoms with van der Waals surface area (Å²) in [6.07, 6.45) is 4.85. The number of nitrogens with zero attached hydrogens (tertiary/aromatic N) is 4. The highest BCUT2D eigenvalue weighted by Gasteiger charge is 2.36. The first-order valence-corrected chi connectivity index (χ1v) is 9.54. The Hall–Kier alpha value is -3.43. The molecule has 1 amide bonds. The number of piperidine rings is 1. The predicted molar refractivity (Wildman–Crippen MR) is 101 cm³/mol. The van der Waals surface area contributed by atoms with Gasteiger partial charge in [-0.05, 0) is 49.4 Å². The zero-order valence-corrected chi connectivity index (χ0v) is 15.9. The van der Waals surface area contributed by atoms with Crippen molar-refractivity contribution in [2.45, 2.75) is 31.7 Å². The molecular weight excluding hydrogens is 396 g/mol. The number of pyridine rings is 2. The fourth-order valence-corrected chi connectivity index (χ4v) is 3.87. The molecule has 30 heavy (non-hydrogen) atoms. The van der Waals surface area contributed by atoms with Crippen LogP contribution in [0.15, 0.2) is 35.7 Å². The standard InChI is InChI=1S/C20H19F2N5O3/c21-13-3-6-16(24-8-13)20(29)30-26-18(23)12-2-5-14-4-1-11-7-17(22)25-9-15(11)19(28)27(14)10-12/h3,6-9,12,14H,1-2,4-5,10H2,(H2,23,26)/t12-,14+/m0/s1. The van der Waals surface area contributed by atoms with E-state index >= 15 is 0 Å². The molecule has 0 aliphatic carbocycles. The minimum Gasteiger partial charge on any atom is -0.384 e. The van der Waals surface area contributed by atoms with Gasteiger partial charge in [0.1, 0.15) is 11.7 Å². The van der Waals surface area contributed by atoms with Gasteiger partial charge in [0, 0.05) is 24.7 Å². The lowest BCUT2D eigenvalue weighted by atomic mass is 9.90. The molecule has 0 aromatic carbocycles. The van der Waals surface area contributed by atoms with E-state index in [2.05, 4.69) is 15.1 Å². The minimum atomic E-state index is -0.862. The first-order valence-electron chi connectivity index (χ1n) is 9.54. The third-order valence-electron chi connectivity index (χ3n) is 5.49. The number of fused-ring (bicyclic) bond motifs is 2. The van der Waals surface area contributed by atoms with Crippen molar-refractivity contribution < 1.29 is 23.2 Å². The fourth-order valence-electron chi connectivity index (χ4n) is 3.87. The lowest BCUT2D eigenvalue weighted by Crippen LogP contribution is -2.49. The number of carbonyl (C=O) groups excluding carboxylic acids is 2. The number of hydrogen-bond acceptors (Lipinski definition) is 6. The quantitative estimate of drug-likeness (QED) is 0.270. The van der Waals surface area contributed by atoms with Gasteiger partial charge in [0.2, 0.25) is 5.95 Å². The molecule has 0 saturated carbocycles. The van der Waals surface area contributed by atoms with E-state index in [9.17, 15) is 18.4 Å². The van der Waals surface area contributed by atoms with Crippen molar-refractivity contribution in [1.29, 1.82) is 0 Å². The van der Waals surface area contributed by atoms with Crippen LogP contribution in [0.3, 0.4) is 0 Å². The Labute approximate surface area is 170 Å². The summed E-state index contributed by atoms with van der Waals surface area (Å²) in [5, 5.41) is 3.70. The number of nitrogens with two attached hydrogens (primary N) is 1. The second kappa shape index (κ2) is 8.13. The van der Waals surface area contributed by atoms with Gasteiger partial charge in [-0.15, -0.1) is 0 Å². The van der Waals surface area contributed by atoms with Crippen molar-refractivity contribution in [1.82, 2.24) is 14.9 Å². The molecule has 2 aliphatic heterocycles. The van der Waals surface area contributed by atoms with Crippen LogP contribution in [0.1, 0.15) is 45.7 Å². The van der Waals surface area contributed by atoms with E-state index < -0.39 is 17.7 Å². The lowest BCUT2D eigenvalue weighted by Gasteiger charge is -2.38. The van der Waals surface area contributed by atoms with Crippen LogP contribution in [0.2, 0.25) is 0 Å². The molecule has 8 nitrogen and oxygen atoms in total. The number of rotatable bonds is 3. The van der Waals surface area contributed by atoms with Crippen LogP contribution < -0.4 is 5.73 Å². The highest BCUT2D eigenvalue weighted by atomic mass is 19.1. The summed E-state index contributed by atoms with van der Waals surface area (Å²) >= 11 is 0. The van der Waals surface area contributed by atoms with E-state index in [1.807, 2.05) is 0 Å². The minimum absolute atomic E-state index is 0.0166. The van der Waals surface area contributed by atoms with Gasteiger partial charge in [-0.2, -0.15) is 4.39 Å². The summed E-state index contributed by atoms with van der Waals surface area (Å²) in [4.78, 5) is 38.7. The van der Waals surface area contributed by atoms with E-state index in [0.717, 1.165) is 18.7 Å². The van der Waals surface area contributed by atoms with E-state index in [1.165, 1.54) is 18.3 Å². The normalized spacial score (nSPS) is 21.5. The molecule has 1 saturated heterocycles. The van der Waals surface area contributed by atoms with Gasteiger partial charge in [0.05, 0.1) is 11.8 Å². The molecule has 4 rings (SSSR count). The topological polar surface area (TPSA) is 111 Å². The number of oxime groups is 1. The van der Waals surface area contributed by atoms with Crippen LogP contribution in [0, 0.1) is 17.7 Å². The smallest absolute Gasteiger partial charge is 0.383 e. The summed E-state index contributed by atoms with van der Waals surface area (Å²) in [6.45, 7) is 0.308. The Kier molecular flexibility index (Phi) is 5.39. The molecule has 2 aliphatic rings. The molecule has 0 radical (unpaired) electrons. The van der Waals surface area contributed by atoms with Crippen molar-refractivity contribution in [3.05, 3.63) is 59.2 Å². The fraction of sp³-hybridized carbons (Fsp3) is 0.350. The average Bonchev–Trinajstić information content (AvgIpc) is 2.88. The molecule has 0 spiro atoms. The maximum atomic E-state index is 13.5. The number of amides is 1. The van der Waals surface area contributed by atoms with Gasteiger partial charge in [-0.25, -0.2) is 19.2 Å². The zero-order valence-electron chi connectivity index (χ0n) is 15.9. The second-order valence-electron chi connectivity index (χ2n) is 7.35. The SMILES string of the molecule is NC(=NOC(=O)c1ccc(F)cn1)[C@H]1CC[C@H]2CCc3cc(F)ncc3C(=O)N2C1. The van der Waals surface area contributed by atoms with Gasteiger partial charge in [-0.1, -0.05) is 5.16 Å². The van der Waals surface area contributed by atoms with Crippen molar-refractivity contribution >= 4 is 17.7 Å². The Morgan fingerprint density at radius 3 is 2.80 bits per heavy atom. The third-order valence-corrected chi connectivity index (χ3v) is 5.49. The predicted octanol–water partition coefficient (Wildman–Crippen LogP) is 2.05. The summed E-state index contributed by atoms with van der Waals surface area (Å²) in [5.41, 5.74) is 6.96. The van der Waals surface area contributed by atoms with E-state index in [4.69, 9.17) is 10.6 Å². The van der Waals surface area contributed by atoms with Gasteiger partial charge in [-0.3, -0.25) is 4.79 Å². The number of aromatic nitrogens is 2. The number of halogens is 2. The van der Waals surface area contributed by atoms with Crippen molar-refractivity contribution in [2.24, 2.45) is 16.8 Å². The Morgan fingerprint density at radius 2 is 2.03 bits per heavy atom. The van der Waals surface area contributed by atoms with Crippen LogP contribution in [-0.4, -0.2) is 45.2 Å². The van der Waals surface area contributed by atoms with E-state index in [-0.39, 0.29) is 29.4 Å². The summed E-state index contributed by atoms with van der Waals surface area (Å²) < 4.78 is 26.4. The lowest BCUT2D eigenvalue weighted by molar-refractivity contribution is 0.0489. The molecule has 2 aromatic heterocycles. The maximum Gasteiger partial charge on any atom is 0.383 e. The summed E-state index contributed by atoms with van der Waals surface area (Å²) in [7, 11) is 0. The van der Waals surface area contributed by atoms with Gasteiger partial charge in [0.25, 0.3) is 5.91 Å². The number of amidine groups is 1. The van der Waals surface area contributed by atoms with Crippen LogP contribution >= 0.6 is 0 Å². The molecule has 2 atom stereocenters. The largest absolute Gasteiger partial charge is 0.384 e. The van der Waals surface area contributed by atoms with Crippen LogP contribution in [0.5, 0.6) is 0 Å². The van der Waals surface area contributed by atoms with Crippen molar-refractivity contribution in [2.75, 3.05) is 6.54 Å². The van der Waals surface area contributed by atoms with Gasteiger partial charge in [0.15, 0.2) is 5.69 Å². The molecule has 156 valence electrons. The maximum absolute atomic E-state index is 13.5. The number of aryl methyl sites for hydroxylation is 1. The molecule has 10 heteroatoms. The first kappa shape index (κ1) is 19.9. The molecule has 4 heterocycles. The number of hydrogen-bond donors (Lipinski definition) is 1. The van der Waals surface area contributed by atoms with E-state index in [1.54, 1.807) is 4.90 Å². The first-order chi connectivity index (χ1) is 14.4. The third kappa shape index (κ3) is 3.98. The molecule has 0 unspecified atom stereocenters.